The molecular formula is C9H11ClINO. The van der Waals surface area contributed by atoms with Crippen LogP contribution in [0.4, 0.5) is 0 Å². The quantitative estimate of drug-likeness (QED) is 0.824. The van der Waals surface area contributed by atoms with E-state index >= 15 is 0 Å². The van der Waals surface area contributed by atoms with E-state index in [1.807, 2.05) is 18.2 Å². The molecular weight excluding hydrogens is 300 g/mol. The summed E-state index contributed by atoms with van der Waals surface area (Å²) in [5.41, 5.74) is 6.56. The van der Waals surface area contributed by atoms with Crippen LogP contribution in [-0.2, 0) is 0 Å². The molecule has 72 valence electrons. The van der Waals surface area contributed by atoms with Gasteiger partial charge in [0.15, 0.2) is 0 Å². The van der Waals surface area contributed by atoms with Gasteiger partial charge >= 0.3 is 0 Å². The van der Waals surface area contributed by atoms with Crippen molar-refractivity contribution in [3.8, 4) is 0 Å². The molecule has 0 fully saturated rings. The first-order valence-corrected chi connectivity index (χ1v) is 5.37. The van der Waals surface area contributed by atoms with Crippen LogP contribution in [0.1, 0.15) is 18.5 Å². The molecule has 0 saturated carbocycles. The molecule has 13 heavy (non-hydrogen) atoms. The SMILES string of the molecule is C[C@H](O)[C@H](N)c1cccc(I)c1Cl. The second-order valence-electron chi connectivity index (χ2n) is 2.91. The minimum Gasteiger partial charge on any atom is -0.391 e. The Kier molecular flexibility index (Phi) is 3.97. The molecule has 0 aliphatic carbocycles. The Morgan fingerprint density at radius 2 is 2.15 bits per heavy atom. The van der Waals surface area contributed by atoms with Crippen LogP contribution in [0.15, 0.2) is 18.2 Å². The molecule has 0 amide bonds. The number of benzene rings is 1. The van der Waals surface area contributed by atoms with E-state index in [1.165, 1.54) is 0 Å². The van der Waals surface area contributed by atoms with Crippen molar-refractivity contribution in [1.82, 2.24) is 0 Å². The lowest BCUT2D eigenvalue weighted by atomic mass is 10.0. The summed E-state index contributed by atoms with van der Waals surface area (Å²) < 4.78 is 0.952. The fraction of sp³-hybridized carbons (Fsp3) is 0.333. The molecule has 0 bridgehead atoms. The van der Waals surface area contributed by atoms with Crippen LogP contribution in [0.2, 0.25) is 5.02 Å². The minimum absolute atomic E-state index is 0.415. The molecule has 1 aromatic carbocycles. The number of hydrogen-bond acceptors (Lipinski definition) is 2. The smallest absolute Gasteiger partial charge is 0.0705 e. The summed E-state index contributed by atoms with van der Waals surface area (Å²) in [7, 11) is 0. The van der Waals surface area contributed by atoms with Crippen molar-refractivity contribution < 1.29 is 5.11 Å². The standard InChI is InChI=1S/C9H11ClINO/c1-5(13)9(12)6-3-2-4-7(11)8(6)10/h2-5,9,13H,12H2,1H3/t5-,9-/m0/s1. The van der Waals surface area contributed by atoms with Crippen molar-refractivity contribution in [3.63, 3.8) is 0 Å². The van der Waals surface area contributed by atoms with Gasteiger partial charge in [0.1, 0.15) is 0 Å². The summed E-state index contributed by atoms with van der Waals surface area (Å²) in [4.78, 5) is 0. The predicted molar refractivity (Wildman–Crippen MR) is 62.8 cm³/mol. The van der Waals surface area contributed by atoms with Gasteiger partial charge in [0.25, 0.3) is 0 Å². The summed E-state index contributed by atoms with van der Waals surface area (Å²) in [5, 5.41) is 9.94. The van der Waals surface area contributed by atoms with E-state index in [9.17, 15) is 5.11 Å². The summed E-state index contributed by atoms with van der Waals surface area (Å²) in [6, 6.07) is 5.20. The zero-order valence-corrected chi connectivity index (χ0v) is 10.1. The van der Waals surface area contributed by atoms with Gasteiger partial charge in [-0.2, -0.15) is 0 Å². The molecule has 1 aromatic rings. The lowest BCUT2D eigenvalue weighted by Crippen LogP contribution is -2.23. The van der Waals surface area contributed by atoms with E-state index in [1.54, 1.807) is 6.92 Å². The number of hydrogen-bond donors (Lipinski definition) is 2. The minimum atomic E-state index is -0.587. The summed E-state index contributed by atoms with van der Waals surface area (Å²) in [6.45, 7) is 1.65. The zero-order valence-electron chi connectivity index (χ0n) is 7.17. The fourth-order valence-electron chi connectivity index (χ4n) is 1.04. The van der Waals surface area contributed by atoms with Crippen molar-refractivity contribution in [2.75, 3.05) is 0 Å². The second-order valence-corrected chi connectivity index (χ2v) is 4.45. The van der Waals surface area contributed by atoms with Gasteiger partial charge in [-0.05, 0) is 41.1 Å². The third-order valence-electron chi connectivity index (χ3n) is 1.86. The van der Waals surface area contributed by atoms with E-state index in [0.29, 0.717) is 5.02 Å². The maximum atomic E-state index is 9.30. The molecule has 0 aromatic heterocycles. The van der Waals surface area contributed by atoms with Crippen LogP contribution < -0.4 is 5.73 Å². The number of aliphatic hydroxyl groups is 1. The van der Waals surface area contributed by atoms with Crippen molar-refractivity contribution in [2.24, 2.45) is 5.73 Å². The predicted octanol–water partition coefficient (Wildman–Crippen LogP) is 2.33. The monoisotopic (exact) mass is 311 g/mol. The van der Waals surface area contributed by atoms with Gasteiger partial charge in [-0.15, -0.1) is 0 Å². The van der Waals surface area contributed by atoms with Gasteiger partial charge in [-0.25, -0.2) is 0 Å². The molecule has 2 nitrogen and oxygen atoms in total. The molecule has 0 unspecified atom stereocenters. The van der Waals surface area contributed by atoms with Crippen molar-refractivity contribution >= 4 is 34.2 Å². The first-order chi connectivity index (χ1) is 6.04. The topological polar surface area (TPSA) is 46.2 Å². The molecule has 0 spiro atoms. The Hall–Kier alpha value is 0.160. The maximum absolute atomic E-state index is 9.30. The van der Waals surface area contributed by atoms with Crippen LogP contribution in [0.25, 0.3) is 0 Å². The van der Waals surface area contributed by atoms with E-state index in [2.05, 4.69) is 22.6 Å². The average Bonchev–Trinajstić information content (AvgIpc) is 2.08. The molecule has 2 atom stereocenters. The Morgan fingerprint density at radius 3 is 2.69 bits per heavy atom. The van der Waals surface area contributed by atoms with Gasteiger partial charge in [0.05, 0.1) is 17.2 Å². The summed E-state index contributed by atoms with van der Waals surface area (Å²) in [6.07, 6.45) is -0.587. The molecule has 0 aliphatic rings. The Morgan fingerprint density at radius 1 is 1.54 bits per heavy atom. The molecule has 3 N–H and O–H groups in total. The van der Waals surface area contributed by atoms with Gasteiger partial charge < -0.3 is 10.8 Å². The van der Waals surface area contributed by atoms with E-state index < -0.39 is 12.1 Å². The van der Waals surface area contributed by atoms with E-state index in [4.69, 9.17) is 17.3 Å². The van der Waals surface area contributed by atoms with E-state index in [-0.39, 0.29) is 0 Å². The maximum Gasteiger partial charge on any atom is 0.0705 e. The number of rotatable bonds is 2. The summed E-state index contributed by atoms with van der Waals surface area (Å²) >= 11 is 8.17. The molecule has 0 radical (unpaired) electrons. The second kappa shape index (κ2) is 4.59. The molecule has 1 rings (SSSR count). The highest BCUT2D eigenvalue weighted by Crippen LogP contribution is 2.27. The highest BCUT2D eigenvalue weighted by atomic mass is 127. The first-order valence-electron chi connectivity index (χ1n) is 3.91. The van der Waals surface area contributed by atoms with Crippen LogP contribution in [0, 0.1) is 3.57 Å². The fourth-order valence-corrected chi connectivity index (χ4v) is 1.81. The summed E-state index contributed by atoms with van der Waals surface area (Å²) in [5.74, 6) is 0. The van der Waals surface area contributed by atoms with Crippen molar-refractivity contribution in [1.29, 1.82) is 0 Å². The normalized spacial score (nSPS) is 15.5. The van der Waals surface area contributed by atoms with Crippen LogP contribution in [0.3, 0.4) is 0 Å². The Labute approximate surface area is 96.2 Å². The van der Waals surface area contributed by atoms with Gasteiger partial charge in [-0.3, -0.25) is 0 Å². The largest absolute Gasteiger partial charge is 0.391 e. The van der Waals surface area contributed by atoms with Gasteiger partial charge in [0.2, 0.25) is 0 Å². The van der Waals surface area contributed by atoms with Crippen LogP contribution >= 0.6 is 34.2 Å². The number of nitrogens with two attached hydrogens (primary N) is 1. The molecule has 0 heterocycles. The molecule has 4 heteroatoms. The zero-order chi connectivity index (χ0) is 10.0. The first kappa shape index (κ1) is 11.2. The molecule has 0 aliphatic heterocycles. The Balaban J connectivity index is 3.07. The van der Waals surface area contributed by atoms with Gasteiger partial charge in [-0.1, -0.05) is 23.7 Å². The van der Waals surface area contributed by atoms with Gasteiger partial charge in [0, 0.05) is 3.57 Å². The average molecular weight is 312 g/mol. The third-order valence-corrected chi connectivity index (χ3v) is 3.50. The number of halogens is 2. The lowest BCUT2D eigenvalue weighted by molar-refractivity contribution is 0.164. The van der Waals surface area contributed by atoms with Crippen LogP contribution in [0.5, 0.6) is 0 Å². The lowest BCUT2D eigenvalue weighted by Gasteiger charge is -2.16. The Bertz CT molecular complexity index is 304. The van der Waals surface area contributed by atoms with Crippen molar-refractivity contribution in [2.45, 2.75) is 19.1 Å². The van der Waals surface area contributed by atoms with E-state index in [0.717, 1.165) is 9.13 Å². The van der Waals surface area contributed by atoms with Crippen LogP contribution in [-0.4, -0.2) is 11.2 Å². The highest BCUT2D eigenvalue weighted by Gasteiger charge is 2.15. The third kappa shape index (κ3) is 2.56. The van der Waals surface area contributed by atoms with Crippen molar-refractivity contribution in [3.05, 3.63) is 32.4 Å². The molecule has 0 saturated heterocycles. The number of aliphatic hydroxyl groups excluding tert-OH is 1. The highest BCUT2D eigenvalue weighted by molar-refractivity contribution is 14.1.